The summed E-state index contributed by atoms with van der Waals surface area (Å²) < 4.78 is 6.98. The topological polar surface area (TPSA) is 106 Å². The van der Waals surface area contributed by atoms with E-state index in [1.165, 1.54) is 0 Å². The maximum Gasteiger partial charge on any atom is 0.281 e. The van der Waals surface area contributed by atoms with Gasteiger partial charge in [-0.1, -0.05) is 30.2 Å². The molecule has 9 heteroatoms. The standard InChI is InChI=1S/C23H28N6O3/c1-15-24-20-19(21(30)25-15)26-27-29(20)14-17-6-5-13-28(17)22(31)23(11-3-4-12-23)16-7-9-18(32-2)10-8-16/h7-10,17H,3-6,11-14H2,1-2H3,(H,24,25,30)/t17-/m1/s1. The van der Waals surface area contributed by atoms with Crippen LogP contribution >= 0.6 is 0 Å². The van der Waals surface area contributed by atoms with Crippen molar-refractivity contribution in [1.82, 2.24) is 29.9 Å². The zero-order valence-electron chi connectivity index (χ0n) is 18.5. The van der Waals surface area contributed by atoms with E-state index in [1.54, 1.807) is 18.7 Å². The van der Waals surface area contributed by atoms with Gasteiger partial charge in [0, 0.05) is 6.54 Å². The molecule has 1 amide bonds. The smallest absolute Gasteiger partial charge is 0.281 e. The van der Waals surface area contributed by atoms with Crippen molar-refractivity contribution in [1.29, 1.82) is 0 Å². The number of aromatic nitrogens is 5. The first kappa shape index (κ1) is 20.7. The maximum atomic E-state index is 14.0. The fraction of sp³-hybridized carbons (Fsp3) is 0.522. The van der Waals surface area contributed by atoms with Crippen molar-refractivity contribution >= 4 is 17.1 Å². The number of benzene rings is 1. The van der Waals surface area contributed by atoms with Crippen LogP contribution in [0.3, 0.4) is 0 Å². The molecule has 9 nitrogen and oxygen atoms in total. The summed E-state index contributed by atoms with van der Waals surface area (Å²) in [5, 5.41) is 8.20. The number of ether oxygens (including phenoxy) is 1. The van der Waals surface area contributed by atoms with Crippen molar-refractivity contribution < 1.29 is 9.53 Å². The summed E-state index contributed by atoms with van der Waals surface area (Å²) >= 11 is 0. The molecule has 0 spiro atoms. The number of aromatic amines is 1. The van der Waals surface area contributed by atoms with E-state index in [2.05, 4.69) is 20.3 Å². The third kappa shape index (κ3) is 3.36. The molecule has 1 saturated carbocycles. The largest absolute Gasteiger partial charge is 0.497 e. The number of fused-ring (bicyclic) bond motifs is 1. The van der Waals surface area contributed by atoms with Gasteiger partial charge in [0.25, 0.3) is 5.56 Å². The SMILES string of the molecule is COc1ccc(C2(C(=O)N3CCC[C@@H]3Cn3nnc4c(=O)[nH]c(C)nc43)CCCC2)cc1. The summed E-state index contributed by atoms with van der Waals surface area (Å²) in [5.41, 5.74) is 1.00. The quantitative estimate of drug-likeness (QED) is 0.658. The second-order valence-corrected chi connectivity index (χ2v) is 8.91. The third-order valence-electron chi connectivity index (χ3n) is 7.02. The highest BCUT2D eigenvalue weighted by Gasteiger charge is 2.47. The number of hydrogen-bond donors (Lipinski definition) is 1. The number of carbonyl (C=O) groups is 1. The second-order valence-electron chi connectivity index (χ2n) is 8.91. The average molecular weight is 437 g/mol. The van der Waals surface area contributed by atoms with Crippen molar-refractivity contribution in [2.75, 3.05) is 13.7 Å². The molecule has 0 unspecified atom stereocenters. The summed E-state index contributed by atoms with van der Waals surface area (Å²) in [7, 11) is 1.65. The maximum absolute atomic E-state index is 14.0. The van der Waals surface area contributed by atoms with E-state index in [9.17, 15) is 9.59 Å². The summed E-state index contributed by atoms with van der Waals surface area (Å²) in [5.74, 6) is 1.52. The number of hydrogen-bond acceptors (Lipinski definition) is 6. The molecule has 168 valence electrons. The fourth-order valence-corrected chi connectivity index (χ4v) is 5.38. The van der Waals surface area contributed by atoms with Crippen LogP contribution in [-0.4, -0.2) is 55.5 Å². The second kappa shape index (κ2) is 8.03. The highest BCUT2D eigenvalue weighted by molar-refractivity contribution is 5.89. The van der Waals surface area contributed by atoms with Crippen molar-refractivity contribution in [3.05, 3.63) is 46.0 Å². The fourth-order valence-electron chi connectivity index (χ4n) is 5.38. The van der Waals surface area contributed by atoms with Crippen LogP contribution in [0, 0.1) is 6.92 Å². The Hall–Kier alpha value is -3.23. The van der Waals surface area contributed by atoms with Gasteiger partial charge >= 0.3 is 0 Å². The number of methoxy groups -OCH3 is 1. The minimum atomic E-state index is -0.481. The zero-order valence-corrected chi connectivity index (χ0v) is 18.5. The van der Waals surface area contributed by atoms with Crippen LogP contribution in [-0.2, 0) is 16.8 Å². The Labute approximate surface area is 185 Å². The minimum Gasteiger partial charge on any atom is -0.497 e. The lowest BCUT2D eigenvalue weighted by Crippen LogP contribution is -2.48. The lowest BCUT2D eigenvalue weighted by atomic mass is 9.77. The van der Waals surface area contributed by atoms with Crippen molar-refractivity contribution in [2.45, 2.75) is 63.5 Å². The number of H-pyrrole nitrogens is 1. The summed E-state index contributed by atoms with van der Waals surface area (Å²) in [6, 6.07) is 7.97. The Bertz CT molecular complexity index is 1190. The van der Waals surface area contributed by atoms with E-state index in [0.717, 1.165) is 56.4 Å². The summed E-state index contributed by atoms with van der Waals surface area (Å²) in [4.78, 5) is 35.3. The van der Waals surface area contributed by atoms with Gasteiger partial charge in [0.05, 0.1) is 25.1 Å². The predicted molar refractivity (Wildman–Crippen MR) is 119 cm³/mol. The van der Waals surface area contributed by atoms with Crippen LogP contribution in [0.1, 0.15) is 49.9 Å². The molecule has 3 heterocycles. The molecule has 5 rings (SSSR count). The van der Waals surface area contributed by atoms with E-state index in [0.29, 0.717) is 18.0 Å². The number of nitrogens with one attached hydrogen (secondary N) is 1. The van der Waals surface area contributed by atoms with Gasteiger partial charge in [0.1, 0.15) is 11.6 Å². The molecule has 1 aromatic carbocycles. The van der Waals surface area contributed by atoms with Crippen LogP contribution in [0.2, 0.25) is 0 Å². The number of aryl methyl sites for hydroxylation is 1. The van der Waals surface area contributed by atoms with Crippen LogP contribution in [0.15, 0.2) is 29.1 Å². The molecule has 0 bridgehead atoms. The van der Waals surface area contributed by atoms with Crippen molar-refractivity contribution in [3.63, 3.8) is 0 Å². The highest BCUT2D eigenvalue weighted by Crippen LogP contribution is 2.44. The summed E-state index contributed by atoms with van der Waals surface area (Å²) in [6.07, 6.45) is 5.68. The normalized spacial score (nSPS) is 20.2. The van der Waals surface area contributed by atoms with E-state index in [-0.39, 0.29) is 23.0 Å². The predicted octanol–water partition coefficient (Wildman–Crippen LogP) is 2.33. The van der Waals surface area contributed by atoms with Gasteiger partial charge in [-0.2, -0.15) is 0 Å². The van der Waals surface area contributed by atoms with E-state index in [1.807, 2.05) is 29.2 Å². The van der Waals surface area contributed by atoms with Crippen LogP contribution in [0.25, 0.3) is 11.2 Å². The lowest BCUT2D eigenvalue weighted by molar-refractivity contribution is -0.138. The first-order chi connectivity index (χ1) is 15.5. The molecule has 1 aliphatic carbocycles. The Kier molecular flexibility index (Phi) is 5.19. The number of carbonyl (C=O) groups excluding carboxylic acids is 1. The Morgan fingerprint density at radius 1 is 1.22 bits per heavy atom. The van der Waals surface area contributed by atoms with Gasteiger partial charge < -0.3 is 14.6 Å². The number of amides is 1. The van der Waals surface area contributed by atoms with Crippen LogP contribution in [0.4, 0.5) is 0 Å². The molecule has 3 aromatic rings. The van der Waals surface area contributed by atoms with Crippen molar-refractivity contribution in [3.8, 4) is 5.75 Å². The van der Waals surface area contributed by atoms with Crippen LogP contribution in [0.5, 0.6) is 5.75 Å². The first-order valence-electron chi connectivity index (χ1n) is 11.3. The highest BCUT2D eigenvalue weighted by atomic mass is 16.5. The Morgan fingerprint density at radius 3 is 2.69 bits per heavy atom. The molecule has 1 aliphatic heterocycles. The molecule has 2 aliphatic rings. The van der Waals surface area contributed by atoms with E-state index in [4.69, 9.17) is 4.74 Å². The summed E-state index contributed by atoms with van der Waals surface area (Å²) in [6.45, 7) is 2.96. The molecule has 2 fully saturated rings. The monoisotopic (exact) mass is 436 g/mol. The zero-order chi connectivity index (χ0) is 22.3. The molecule has 2 aromatic heterocycles. The van der Waals surface area contributed by atoms with Crippen molar-refractivity contribution in [2.24, 2.45) is 0 Å². The molecular weight excluding hydrogens is 408 g/mol. The number of rotatable bonds is 5. The molecule has 32 heavy (non-hydrogen) atoms. The third-order valence-corrected chi connectivity index (χ3v) is 7.02. The molecule has 1 N–H and O–H groups in total. The minimum absolute atomic E-state index is 0.00418. The number of likely N-dealkylation sites (tertiary alicyclic amines) is 1. The van der Waals surface area contributed by atoms with Gasteiger partial charge in [-0.05, 0) is 50.3 Å². The van der Waals surface area contributed by atoms with Gasteiger partial charge in [-0.3, -0.25) is 9.59 Å². The van der Waals surface area contributed by atoms with Gasteiger partial charge in [0.2, 0.25) is 5.91 Å². The van der Waals surface area contributed by atoms with Gasteiger partial charge in [0.15, 0.2) is 11.2 Å². The average Bonchev–Trinajstić information content (AvgIpc) is 3.54. The Morgan fingerprint density at radius 2 is 1.97 bits per heavy atom. The van der Waals surface area contributed by atoms with Crippen LogP contribution < -0.4 is 10.3 Å². The van der Waals surface area contributed by atoms with Gasteiger partial charge in [-0.15, -0.1) is 5.10 Å². The van der Waals surface area contributed by atoms with E-state index < -0.39 is 5.41 Å². The van der Waals surface area contributed by atoms with E-state index >= 15 is 0 Å². The first-order valence-corrected chi connectivity index (χ1v) is 11.3. The number of nitrogens with zero attached hydrogens (tertiary/aromatic N) is 5. The molecule has 1 saturated heterocycles. The molecule has 0 radical (unpaired) electrons. The molecular formula is C23H28N6O3. The lowest BCUT2D eigenvalue weighted by Gasteiger charge is -2.36. The molecule has 1 atom stereocenters. The van der Waals surface area contributed by atoms with Gasteiger partial charge in [-0.25, -0.2) is 9.67 Å². The Balaban J connectivity index is 1.44.